The number of halogens is 2. The normalized spacial score (nSPS) is 10.4. The van der Waals surface area contributed by atoms with Crippen molar-refractivity contribution in [2.75, 3.05) is 0 Å². The average Bonchev–Trinajstić information content (AvgIpc) is 2.45. The molecule has 0 aliphatic rings. The molecule has 0 unspecified atom stereocenters. The van der Waals surface area contributed by atoms with Crippen LogP contribution < -0.4 is 0 Å². The van der Waals surface area contributed by atoms with E-state index in [2.05, 4.69) is 24.8 Å². The van der Waals surface area contributed by atoms with Gasteiger partial charge >= 0.3 is 5.82 Å². The molecule has 0 saturated heterocycles. The van der Waals surface area contributed by atoms with Gasteiger partial charge in [-0.25, -0.2) is 23.7 Å². The molecule has 2 heterocycles. The second kappa shape index (κ2) is 4.14. The molecular formula is C12H2F2N6. The van der Waals surface area contributed by atoms with Gasteiger partial charge in [0, 0.05) is 12.1 Å². The molecule has 0 aliphatic carbocycles. The van der Waals surface area contributed by atoms with Crippen molar-refractivity contribution in [1.82, 2.24) is 19.9 Å². The Balaban J connectivity index is 2.43. The van der Waals surface area contributed by atoms with Crippen LogP contribution in [0.4, 0.5) is 14.6 Å². The van der Waals surface area contributed by atoms with Gasteiger partial charge in [-0.05, 0) is 0 Å². The van der Waals surface area contributed by atoms with E-state index in [1.165, 1.54) is 0 Å². The molecule has 0 bridgehead atoms. The van der Waals surface area contributed by atoms with Gasteiger partial charge in [0.05, 0.1) is 11.0 Å². The fourth-order valence-corrected chi connectivity index (χ4v) is 1.65. The minimum Gasteiger partial charge on any atom is -0.358 e. The molecule has 0 saturated carbocycles. The third-order valence-corrected chi connectivity index (χ3v) is 2.52. The Morgan fingerprint density at radius 3 is 2.05 bits per heavy atom. The second-order valence-electron chi connectivity index (χ2n) is 3.75. The zero-order valence-corrected chi connectivity index (χ0v) is 9.59. The minimum absolute atomic E-state index is 0.00601. The predicted molar refractivity (Wildman–Crippen MR) is 63.5 cm³/mol. The standard InChI is InChI=1S/C12H2F2N6/c1-16-10-9(4-15)19-11-12(20-10)18-8-3-6(14)5(13)2-7(8)17-11/h2-3H. The van der Waals surface area contributed by atoms with Gasteiger partial charge in [0.15, 0.2) is 17.3 Å². The molecule has 3 rings (SSSR count). The van der Waals surface area contributed by atoms with Crippen LogP contribution in [0.25, 0.3) is 27.2 Å². The fourth-order valence-electron chi connectivity index (χ4n) is 1.65. The van der Waals surface area contributed by atoms with Gasteiger partial charge in [-0.3, -0.25) is 0 Å². The third-order valence-electron chi connectivity index (χ3n) is 2.52. The van der Waals surface area contributed by atoms with Crippen LogP contribution in [0.1, 0.15) is 5.69 Å². The van der Waals surface area contributed by atoms with Crippen molar-refractivity contribution in [3.63, 3.8) is 0 Å². The summed E-state index contributed by atoms with van der Waals surface area (Å²) in [4.78, 5) is 18.7. The van der Waals surface area contributed by atoms with Crippen LogP contribution >= 0.6 is 0 Å². The van der Waals surface area contributed by atoms with E-state index in [0.29, 0.717) is 0 Å². The van der Waals surface area contributed by atoms with E-state index in [4.69, 9.17) is 11.8 Å². The maximum atomic E-state index is 13.1. The highest BCUT2D eigenvalue weighted by molar-refractivity contribution is 5.83. The highest BCUT2D eigenvalue weighted by atomic mass is 19.2. The highest BCUT2D eigenvalue weighted by Gasteiger charge is 2.15. The van der Waals surface area contributed by atoms with E-state index in [1.54, 1.807) is 6.07 Å². The predicted octanol–water partition coefficient (Wildman–Crippen LogP) is 2.27. The number of hydrogen-bond donors (Lipinski definition) is 0. The molecule has 2 aromatic heterocycles. The van der Waals surface area contributed by atoms with Crippen molar-refractivity contribution >= 4 is 28.1 Å². The van der Waals surface area contributed by atoms with E-state index >= 15 is 0 Å². The summed E-state index contributed by atoms with van der Waals surface area (Å²) < 4.78 is 26.3. The quantitative estimate of drug-likeness (QED) is 0.461. The molecule has 20 heavy (non-hydrogen) atoms. The van der Waals surface area contributed by atoms with Crippen molar-refractivity contribution in [3.8, 4) is 6.07 Å². The van der Waals surface area contributed by atoms with Gasteiger partial charge in [-0.2, -0.15) is 5.26 Å². The average molecular weight is 268 g/mol. The summed E-state index contributed by atoms with van der Waals surface area (Å²) in [6, 6.07) is 3.48. The molecule has 1 aromatic carbocycles. The molecule has 3 aromatic rings. The number of hydrogen-bond acceptors (Lipinski definition) is 5. The molecule has 0 amide bonds. The highest BCUT2D eigenvalue weighted by Crippen LogP contribution is 2.20. The van der Waals surface area contributed by atoms with Crippen LogP contribution in [0.5, 0.6) is 0 Å². The molecule has 0 aliphatic heterocycles. The Morgan fingerprint density at radius 2 is 1.55 bits per heavy atom. The van der Waals surface area contributed by atoms with Gasteiger partial charge in [0.1, 0.15) is 6.07 Å². The largest absolute Gasteiger partial charge is 0.358 e. The number of aromatic nitrogens is 4. The smallest absolute Gasteiger partial charge is 0.308 e. The van der Waals surface area contributed by atoms with Crippen molar-refractivity contribution in [3.05, 3.63) is 40.9 Å². The topological polar surface area (TPSA) is 79.7 Å². The zero-order valence-electron chi connectivity index (χ0n) is 9.59. The molecule has 0 spiro atoms. The minimum atomic E-state index is -1.06. The van der Waals surface area contributed by atoms with Crippen LogP contribution in [0.3, 0.4) is 0 Å². The zero-order chi connectivity index (χ0) is 14.3. The van der Waals surface area contributed by atoms with Gasteiger partial charge < -0.3 is 4.85 Å². The summed E-state index contributed by atoms with van der Waals surface area (Å²) in [5.41, 5.74) is -0.0267. The summed E-state index contributed by atoms with van der Waals surface area (Å²) in [5, 5.41) is 8.85. The summed E-state index contributed by atoms with van der Waals surface area (Å²) in [5.74, 6) is -2.33. The third kappa shape index (κ3) is 1.68. The van der Waals surface area contributed by atoms with Crippen LogP contribution in [0.15, 0.2) is 12.1 Å². The molecule has 6 nitrogen and oxygen atoms in total. The molecule has 0 atom stereocenters. The number of nitriles is 1. The van der Waals surface area contributed by atoms with Crippen LogP contribution in [0, 0.1) is 29.5 Å². The first-order chi connectivity index (χ1) is 9.62. The Kier molecular flexibility index (Phi) is 2.44. The summed E-state index contributed by atoms with van der Waals surface area (Å²) >= 11 is 0. The van der Waals surface area contributed by atoms with E-state index in [9.17, 15) is 8.78 Å². The van der Waals surface area contributed by atoms with Gasteiger partial charge in [-0.15, -0.1) is 0 Å². The Bertz CT molecular complexity index is 876. The molecular weight excluding hydrogens is 266 g/mol. The lowest BCUT2D eigenvalue weighted by Gasteiger charge is -2.00. The number of nitrogens with zero attached hydrogens (tertiary/aromatic N) is 6. The first-order valence-corrected chi connectivity index (χ1v) is 5.24. The first-order valence-electron chi connectivity index (χ1n) is 5.24. The van der Waals surface area contributed by atoms with Crippen LogP contribution in [-0.4, -0.2) is 19.9 Å². The van der Waals surface area contributed by atoms with Gasteiger partial charge in [-0.1, -0.05) is 11.6 Å². The first kappa shape index (κ1) is 11.8. The fraction of sp³-hybridized carbons (Fsp3) is 0. The second-order valence-corrected chi connectivity index (χ2v) is 3.75. The van der Waals surface area contributed by atoms with Crippen molar-refractivity contribution < 1.29 is 8.78 Å². The lowest BCUT2D eigenvalue weighted by Crippen LogP contribution is -1.97. The van der Waals surface area contributed by atoms with Crippen molar-refractivity contribution in [2.45, 2.75) is 0 Å². The maximum Gasteiger partial charge on any atom is 0.308 e. The van der Waals surface area contributed by atoms with E-state index in [1.807, 2.05) is 0 Å². The summed E-state index contributed by atoms with van der Waals surface area (Å²) in [6.07, 6.45) is 0. The SMILES string of the molecule is [C-]#[N+]c1nc2nc3cc(F)c(F)cc3nc2nc1C#N. The molecule has 8 heteroatoms. The number of rotatable bonds is 0. The Labute approximate surface area is 110 Å². The molecule has 0 fully saturated rings. The van der Waals surface area contributed by atoms with Crippen LogP contribution in [-0.2, 0) is 0 Å². The molecule has 0 radical (unpaired) electrons. The van der Waals surface area contributed by atoms with E-state index < -0.39 is 11.6 Å². The molecule has 0 N–H and O–H groups in total. The van der Waals surface area contributed by atoms with Crippen molar-refractivity contribution in [2.24, 2.45) is 0 Å². The lowest BCUT2D eigenvalue weighted by molar-refractivity contribution is 0.510. The van der Waals surface area contributed by atoms with Gasteiger partial charge in [0.2, 0.25) is 5.65 Å². The molecule has 94 valence electrons. The number of benzene rings is 1. The van der Waals surface area contributed by atoms with Crippen molar-refractivity contribution in [1.29, 1.82) is 5.26 Å². The lowest BCUT2D eigenvalue weighted by atomic mass is 10.3. The van der Waals surface area contributed by atoms with E-state index in [0.717, 1.165) is 12.1 Å². The summed E-state index contributed by atoms with van der Waals surface area (Å²) in [6.45, 7) is 6.90. The maximum absolute atomic E-state index is 13.1. The monoisotopic (exact) mass is 268 g/mol. The Morgan fingerprint density at radius 1 is 1.00 bits per heavy atom. The van der Waals surface area contributed by atoms with Gasteiger partial charge in [0.25, 0.3) is 5.65 Å². The van der Waals surface area contributed by atoms with Crippen LogP contribution in [0.2, 0.25) is 0 Å². The summed E-state index contributed by atoms with van der Waals surface area (Å²) in [7, 11) is 0. The van der Waals surface area contributed by atoms with E-state index in [-0.39, 0.29) is 33.8 Å². The Hall–Kier alpha value is -3.26. The number of fused-ring (bicyclic) bond motifs is 2.